The molecular formula is C14H21ClFNO. The molecule has 102 valence electrons. The molecule has 1 atom stereocenters. The molecule has 0 aromatic heterocycles. The van der Waals surface area contributed by atoms with Crippen molar-refractivity contribution in [2.45, 2.75) is 38.8 Å². The fourth-order valence-electron chi connectivity index (χ4n) is 1.56. The molecule has 0 saturated heterocycles. The summed E-state index contributed by atoms with van der Waals surface area (Å²) >= 11 is 6.05. The fraction of sp³-hybridized carbons (Fsp3) is 0.571. The molecule has 0 heterocycles. The van der Waals surface area contributed by atoms with Gasteiger partial charge in [-0.05, 0) is 58.0 Å². The van der Waals surface area contributed by atoms with E-state index in [0.717, 1.165) is 5.56 Å². The number of likely N-dealkylation sites (N-methyl/N-ethyl adjacent to an activating group) is 1. The van der Waals surface area contributed by atoms with Gasteiger partial charge in [0, 0.05) is 11.1 Å². The van der Waals surface area contributed by atoms with Gasteiger partial charge >= 0.3 is 0 Å². The van der Waals surface area contributed by atoms with Crippen LogP contribution in [0, 0.1) is 5.82 Å². The average Bonchev–Trinajstić information content (AvgIpc) is 2.27. The third-order valence-electron chi connectivity index (χ3n) is 2.60. The first-order chi connectivity index (χ1) is 8.31. The molecule has 0 aliphatic heterocycles. The highest BCUT2D eigenvalue weighted by molar-refractivity contribution is 6.31. The SMILES string of the molecule is CNC(COC(C)(C)C)Cc1cc(F)ccc1Cl. The summed E-state index contributed by atoms with van der Waals surface area (Å²) in [6, 6.07) is 4.54. The van der Waals surface area contributed by atoms with E-state index in [-0.39, 0.29) is 17.5 Å². The van der Waals surface area contributed by atoms with Crippen molar-refractivity contribution >= 4 is 11.6 Å². The summed E-state index contributed by atoms with van der Waals surface area (Å²) in [6.45, 7) is 6.59. The summed E-state index contributed by atoms with van der Waals surface area (Å²) in [6.07, 6.45) is 0.642. The molecular weight excluding hydrogens is 253 g/mol. The highest BCUT2D eigenvalue weighted by atomic mass is 35.5. The summed E-state index contributed by atoms with van der Waals surface area (Å²) in [5, 5.41) is 3.75. The van der Waals surface area contributed by atoms with Crippen LogP contribution in [0.15, 0.2) is 18.2 Å². The van der Waals surface area contributed by atoms with Gasteiger partial charge in [-0.25, -0.2) is 4.39 Å². The fourth-order valence-corrected chi connectivity index (χ4v) is 1.75. The predicted molar refractivity (Wildman–Crippen MR) is 73.7 cm³/mol. The Labute approximate surface area is 113 Å². The molecule has 18 heavy (non-hydrogen) atoms. The maximum atomic E-state index is 13.2. The second-order valence-electron chi connectivity index (χ2n) is 5.35. The van der Waals surface area contributed by atoms with Crippen LogP contribution >= 0.6 is 11.6 Å². The van der Waals surface area contributed by atoms with Crippen molar-refractivity contribution in [3.8, 4) is 0 Å². The molecule has 1 unspecified atom stereocenters. The van der Waals surface area contributed by atoms with Gasteiger partial charge < -0.3 is 10.1 Å². The third-order valence-corrected chi connectivity index (χ3v) is 2.97. The molecule has 0 spiro atoms. The maximum absolute atomic E-state index is 13.2. The standard InChI is InChI=1S/C14H21ClFNO/c1-14(2,3)18-9-12(17-4)8-10-7-11(16)5-6-13(10)15/h5-7,12,17H,8-9H2,1-4H3. The molecule has 0 bridgehead atoms. The molecule has 1 N–H and O–H groups in total. The van der Waals surface area contributed by atoms with Gasteiger partial charge in [0.05, 0.1) is 12.2 Å². The molecule has 0 aliphatic carbocycles. The lowest BCUT2D eigenvalue weighted by atomic mass is 10.1. The number of nitrogens with one attached hydrogen (secondary N) is 1. The van der Waals surface area contributed by atoms with Crippen LogP contribution in [-0.2, 0) is 11.2 Å². The van der Waals surface area contributed by atoms with Crippen LogP contribution in [0.3, 0.4) is 0 Å². The van der Waals surface area contributed by atoms with E-state index in [2.05, 4.69) is 5.32 Å². The largest absolute Gasteiger partial charge is 0.374 e. The van der Waals surface area contributed by atoms with E-state index in [1.807, 2.05) is 27.8 Å². The first-order valence-corrected chi connectivity index (χ1v) is 6.45. The second kappa shape index (κ2) is 6.50. The molecule has 0 radical (unpaired) electrons. The van der Waals surface area contributed by atoms with Crippen LogP contribution in [0.1, 0.15) is 26.3 Å². The van der Waals surface area contributed by atoms with E-state index in [9.17, 15) is 4.39 Å². The Morgan fingerprint density at radius 1 is 1.39 bits per heavy atom. The zero-order valence-electron chi connectivity index (χ0n) is 11.4. The Morgan fingerprint density at radius 2 is 2.06 bits per heavy atom. The minimum absolute atomic E-state index is 0.114. The summed E-state index contributed by atoms with van der Waals surface area (Å²) in [4.78, 5) is 0. The molecule has 4 heteroatoms. The Kier molecular flexibility index (Phi) is 5.57. The number of rotatable bonds is 5. The van der Waals surface area contributed by atoms with Crippen LogP contribution in [0.2, 0.25) is 5.02 Å². The monoisotopic (exact) mass is 273 g/mol. The van der Waals surface area contributed by atoms with Crippen molar-refractivity contribution in [2.75, 3.05) is 13.7 Å². The van der Waals surface area contributed by atoms with Crippen LogP contribution in [0.4, 0.5) is 4.39 Å². The van der Waals surface area contributed by atoms with Gasteiger partial charge in [-0.2, -0.15) is 0 Å². The van der Waals surface area contributed by atoms with Crippen molar-refractivity contribution in [3.05, 3.63) is 34.6 Å². The minimum atomic E-state index is -0.263. The summed E-state index contributed by atoms with van der Waals surface area (Å²) in [7, 11) is 1.86. The van der Waals surface area contributed by atoms with Crippen molar-refractivity contribution < 1.29 is 9.13 Å². The number of benzene rings is 1. The smallest absolute Gasteiger partial charge is 0.123 e. The maximum Gasteiger partial charge on any atom is 0.123 e. The van der Waals surface area contributed by atoms with Crippen molar-refractivity contribution in [2.24, 2.45) is 0 Å². The van der Waals surface area contributed by atoms with E-state index < -0.39 is 0 Å². The number of halogens is 2. The van der Waals surface area contributed by atoms with E-state index in [4.69, 9.17) is 16.3 Å². The van der Waals surface area contributed by atoms with Gasteiger partial charge in [0.2, 0.25) is 0 Å². The Bertz CT molecular complexity index is 390. The molecule has 0 saturated carbocycles. The zero-order chi connectivity index (χ0) is 13.8. The highest BCUT2D eigenvalue weighted by Crippen LogP contribution is 2.19. The number of hydrogen-bond donors (Lipinski definition) is 1. The van der Waals surface area contributed by atoms with Gasteiger partial charge in [0.15, 0.2) is 0 Å². The first kappa shape index (κ1) is 15.4. The highest BCUT2D eigenvalue weighted by Gasteiger charge is 2.16. The van der Waals surface area contributed by atoms with Gasteiger partial charge in [0.1, 0.15) is 5.82 Å². The Morgan fingerprint density at radius 3 is 2.61 bits per heavy atom. The van der Waals surface area contributed by atoms with Gasteiger partial charge in [-0.1, -0.05) is 11.6 Å². The normalized spacial score (nSPS) is 13.7. The second-order valence-corrected chi connectivity index (χ2v) is 5.76. The van der Waals surface area contributed by atoms with Crippen LogP contribution in [0.5, 0.6) is 0 Å². The third kappa shape index (κ3) is 5.34. The Balaban J connectivity index is 2.65. The van der Waals surface area contributed by atoms with E-state index >= 15 is 0 Å². The Hall–Kier alpha value is -0.640. The molecule has 0 aliphatic rings. The lowest BCUT2D eigenvalue weighted by Gasteiger charge is -2.24. The zero-order valence-corrected chi connectivity index (χ0v) is 12.1. The van der Waals surface area contributed by atoms with Crippen LogP contribution in [-0.4, -0.2) is 25.3 Å². The number of ether oxygens (including phenoxy) is 1. The van der Waals surface area contributed by atoms with Crippen LogP contribution < -0.4 is 5.32 Å². The van der Waals surface area contributed by atoms with Crippen molar-refractivity contribution in [1.29, 1.82) is 0 Å². The van der Waals surface area contributed by atoms with Gasteiger partial charge in [-0.3, -0.25) is 0 Å². The van der Waals surface area contributed by atoms with E-state index in [1.165, 1.54) is 12.1 Å². The summed E-state index contributed by atoms with van der Waals surface area (Å²) in [5.74, 6) is -0.263. The molecule has 0 fully saturated rings. The van der Waals surface area contributed by atoms with E-state index in [1.54, 1.807) is 6.07 Å². The van der Waals surface area contributed by atoms with Crippen LogP contribution in [0.25, 0.3) is 0 Å². The lowest BCUT2D eigenvalue weighted by Crippen LogP contribution is -2.36. The number of hydrogen-bond acceptors (Lipinski definition) is 2. The topological polar surface area (TPSA) is 21.3 Å². The predicted octanol–water partition coefficient (Wildman–Crippen LogP) is 3.42. The molecule has 1 aromatic rings. The summed E-state index contributed by atoms with van der Waals surface area (Å²) < 4.78 is 18.9. The first-order valence-electron chi connectivity index (χ1n) is 6.07. The molecule has 1 aromatic carbocycles. The minimum Gasteiger partial charge on any atom is -0.374 e. The lowest BCUT2D eigenvalue weighted by molar-refractivity contribution is -0.0134. The van der Waals surface area contributed by atoms with Gasteiger partial charge in [0.25, 0.3) is 0 Å². The quantitative estimate of drug-likeness (QED) is 0.888. The average molecular weight is 274 g/mol. The molecule has 0 amide bonds. The van der Waals surface area contributed by atoms with Gasteiger partial charge in [-0.15, -0.1) is 0 Å². The summed E-state index contributed by atoms with van der Waals surface area (Å²) in [5.41, 5.74) is 0.620. The molecule has 2 nitrogen and oxygen atoms in total. The molecule has 1 rings (SSSR count). The van der Waals surface area contributed by atoms with Crippen molar-refractivity contribution in [1.82, 2.24) is 5.32 Å². The van der Waals surface area contributed by atoms with Crippen molar-refractivity contribution in [3.63, 3.8) is 0 Å². The van der Waals surface area contributed by atoms with E-state index in [0.29, 0.717) is 18.1 Å².